The molecule has 0 heterocycles. The number of halogens is 1. The van der Waals surface area contributed by atoms with E-state index >= 15 is 0 Å². The highest BCUT2D eigenvalue weighted by atomic mass is 32.2. The van der Waals surface area contributed by atoms with Crippen LogP contribution in [0.1, 0.15) is 18.9 Å². The average Bonchev–Trinajstić information content (AvgIpc) is 2.29. The Morgan fingerprint density at radius 2 is 2.06 bits per heavy atom. The van der Waals surface area contributed by atoms with E-state index < -0.39 is 21.9 Å². The number of benzene rings is 1. The fraction of sp³-hybridized carbons (Fsp3) is 0.500. The Morgan fingerprint density at radius 1 is 1.44 bits per heavy atom. The first-order chi connectivity index (χ1) is 8.25. The summed E-state index contributed by atoms with van der Waals surface area (Å²) in [5, 5.41) is 9.14. The lowest BCUT2D eigenvalue weighted by Gasteiger charge is -2.18. The van der Waals surface area contributed by atoms with Crippen molar-refractivity contribution < 1.29 is 17.9 Å². The van der Waals surface area contributed by atoms with Crippen molar-refractivity contribution >= 4 is 10.0 Å². The Balaban J connectivity index is 2.95. The van der Waals surface area contributed by atoms with E-state index in [0.717, 1.165) is 10.4 Å². The predicted octanol–water partition coefficient (Wildman–Crippen LogP) is 1.53. The molecule has 1 aromatic rings. The third kappa shape index (κ3) is 3.51. The molecule has 0 fully saturated rings. The molecule has 0 radical (unpaired) electrons. The van der Waals surface area contributed by atoms with Crippen molar-refractivity contribution in [1.29, 1.82) is 0 Å². The average molecular weight is 275 g/mol. The summed E-state index contributed by atoms with van der Waals surface area (Å²) in [7, 11) is -2.28. The second kappa shape index (κ2) is 5.77. The SMILES string of the molecule is Cc1ccc(S(=O)(=O)N(C)CCC(C)O)cc1F. The molecule has 102 valence electrons. The van der Waals surface area contributed by atoms with Gasteiger partial charge in [-0.15, -0.1) is 0 Å². The number of nitrogens with zero attached hydrogens (tertiary/aromatic N) is 1. The van der Waals surface area contributed by atoms with Gasteiger partial charge < -0.3 is 5.11 Å². The predicted molar refractivity (Wildman–Crippen MR) is 67.3 cm³/mol. The highest BCUT2D eigenvalue weighted by molar-refractivity contribution is 7.89. The first kappa shape index (κ1) is 15.1. The molecule has 0 aliphatic rings. The minimum atomic E-state index is -3.69. The maximum Gasteiger partial charge on any atom is 0.242 e. The van der Waals surface area contributed by atoms with Crippen molar-refractivity contribution in [3.63, 3.8) is 0 Å². The summed E-state index contributed by atoms with van der Waals surface area (Å²) in [5.74, 6) is -0.542. The van der Waals surface area contributed by atoms with Crippen LogP contribution in [0.2, 0.25) is 0 Å². The van der Waals surface area contributed by atoms with Crippen LogP contribution in [0.4, 0.5) is 4.39 Å². The number of sulfonamides is 1. The normalized spacial score (nSPS) is 13.9. The van der Waals surface area contributed by atoms with Gasteiger partial charge in [0.1, 0.15) is 5.82 Å². The van der Waals surface area contributed by atoms with Crippen LogP contribution in [0.5, 0.6) is 0 Å². The summed E-state index contributed by atoms with van der Waals surface area (Å²) in [6.07, 6.45) is -0.234. The summed E-state index contributed by atoms with van der Waals surface area (Å²) in [4.78, 5) is -0.0707. The van der Waals surface area contributed by atoms with E-state index in [1.54, 1.807) is 13.8 Å². The molecule has 4 nitrogen and oxygen atoms in total. The summed E-state index contributed by atoms with van der Waals surface area (Å²) in [6, 6.07) is 3.83. The maximum atomic E-state index is 13.4. The van der Waals surface area contributed by atoms with Gasteiger partial charge in [-0.3, -0.25) is 0 Å². The number of aryl methyl sites for hydroxylation is 1. The number of aliphatic hydroxyl groups is 1. The standard InChI is InChI=1S/C12H18FNO3S/c1-9-4-5-11(8-12(9)13)18(16,17)14(3)7-6-10(2)15/h4-5,8,10,15H,6-7H2,1-3H3. The van der Waals surface area contributed by atoms with Gasteiger partial charge in [-0.05, 0) is 38.0 Å². The molecule has 0 bridgehead atoms. The van der Waals surface area contributed by atoms with Gasteiger partial charge in [-0.1, -0.05) is 6.07 Å². The van der Waals surface area contributed by atoms with Crippen molar-refractivity contribution in [3.8, 4) is 0 Å². The van der Waals surface area contributed by atoms with Crippen molar-refractivity contribution in [2.45, 2.75) is 31.3 Å². The van der Waals surface area contributed by atoms with Crippen LogP contribution in [-0.2, 0) is 10.0 Å². The maximum absolute atomic E-state index is 13.4. The fourth-order valence-electron chi connectivity index (χ4n) is 1.40. The van der Waals surface area contributed by atoms with Crippen molar-refractivity contribution in [2.24, 2.45) is 0 Å². The first-order valence-electron chi connectivity index (χ1n) is 5.65. The molecule has 0 saturated heterocycles. The number of aliphatic hydroxyl groups excluding tert-OH is 1. The van der Waals surface area contributed by atoms with Gasteiger partial charge in [-0.25, -0.2) is 17.1 Å². The first-order valence-corrected chi connectivity index (χ1v) is 7.09. The lowest BCUT2D eigenvalue weighted by molar-refractivity contribution is 0.177. The van der Waals surface area contributed by atoms with Gasteiger partial charge in [-0.2, -0.15) is 0 Å². The molecule has 1 aromatic carbocycles. The molecule has 0 aliphatic carbocycles. The summed E-state index contributed by atoms with van der Waals surface area (Å²) >= 11 is 0. The molecular formula is C12H18FNO3S. The molecule has 6 heteroatoms. The Labute approximate surface area is 107 Å². The Hall–Kier alpha value is -0.980. The zero-order valence-corrected chi connectivity index (χ0v) is 11.5. The van der Waals surface area contributed by atoms with Crippen LogP contribution in [0.25, 0.3) is 0 Å². The summed E-state index contributed by atoms with van der Waals surface area (Å²) in [5.41, 5.74) is 0.403. The second-order valence-corrected chi connectivity index (χ2v) is 6.42. The molecular weight excluding hydrogens is 257 g/mol. The topological polar surface area (TPSA) is 57.6 Å². The molecule has 0 amide bonds. The monoisotopic (exact) mass is 275 g/mol. The zero-order valence-electron chi connectivity index (χ0n) is 10.7. The molecule has 1 N–H and O–H groups in total. The Bertz CT molecular complexity index is 514. The molecule has 0 aromatic heterocycles. The number of rotatable bonds is 5. The van der Waals surface area contributed by atoms with Crippen LogP contribution in [0, 0.1) is 12.7 Å². The summed E-state index contributed by atoms with van der Waals surface area (Å²) in [6.45, 7) is 3.35. The van der Waals surface area contributed by atoms with Gasteiger partial charge in [0, 0.05) is 13.6 Å². The van der Waals surface area contributed by atoms with Gasteiger partial charge in [0.05, 0.1) is 11.0 Å². The third-order valence-corrected chi connectivity index (χ3v) is 4.57. The molecule has 1 unspecified atom stereocenters. The number of hydrogen-bond donors (Lipinski definition) is 1. The zero-order chi connectivity index (χ0) is 13.9. The number of hydrogen-bond acceptors (Lipinski definition) is 3. The second-order valence-electron chi connectivity index (χ2n) is 4.38. The van der Waals surface area contributed by atoms with E-state index in [9.17, 15) is 12.8 Å². The highest BCUT2D eigenvalue weighted by Crippen LogP contribution is 2.18. The van der Waals surface area contributed by atoms with Gasteiger partial charge in [0.15, 0.2) is 0 Å². The van der Waals surface area contributed by atoms with E-state index in [1.165, 1.54) is 19.2 Å². The van der Waals surface area contributed by atoms with Crippen LogP contribution >= 0.6 is 0 Å². The third-order valence-electron chi connectivity index (χ3n) is 2.71. The van der Waals surface area contributed by atoms with E-state index in [4.69, 9.17) is 5.11 Å². The van der Waals surface area contributed by atoms with Crippen molar-refractivity contribution in [1.82, 2.24) is 4.31 Å². The molecule has 18 heavy (non-hydrogen) atoms. The van der Waals surface area contributed by atoms with Crippen LogP contribution in [0.3, 0.4) is 0 Å². The van der Waals surface area contributed by atoms with E-state index in [0.29, 0.717) is 12.0 Å². The summed E-state index contributed by atoms with van der Waals surface area (Å²) < 4.78 is 38.7. The largest absolute Gasteiger partial charge is 0.393 e. The quantitative estimate of drug-likeness (QED) is 0.886. The van der Waals surface area contributed by atoms with Crippen LogP contribution in [-0.4, -0.2) is 37.5 Å². The van der Waals surface area contributed by atoms with E-state index in [1.807, 2.05) is 0 Å². The minimum absolute atomic E-state index is 0.0707. The van der Waals surface area contributed by atoms with Gasteiger partial charge in [0.25, 0.3) is 0 Å². The molecule has 1 rings (SSSR count). The van der Waals surface area contributed by atoms with Crippen molar-refractivity contribution in [3.05, 3.63) is 29.6 Å². The Morgan fingerprint density at radius 3 is 2.56 bits per heavy atom. The molecule has 0 saturated carbocycles. The smallest absolute Gasteiger partial charge is 0.242 e. The highest BCUT2D eigenvalue weighted by Gasteiger charge is 2.21. The molecule has 0 spiro atoms. The van der Waals surface area contributed by atoms with E-state index in [2.05, 4.69) is 0 Å². The lowest BCUT2D eigenvalue weighted by Crippen LogP contribution is -2.29. The van der Waals surface area contributed by atoms with Crippen LogP contribution < -0.4 is 0 Å². The Kier molecular flexibility index (Phi) is 4.84. The van der Waals surface area contributed by atoms with Gasteiger partial charge >= 0.3 is 0 Å². The molecule has 1 atom stereocenters. The van der Waals surface area contributed by atoms with Gasteiger partial charge in [0.2, 0.25) is 10.0 Å². The molecule has 0 aliphatic heterocycles. The fourth-order valence-corrected chi connectivity index (χ4v) is 2.60. The van der Waals surface area contributed by atoms with Crippen molar-refractivity contribution in [2.75, 3.05) is 13.6 Å². The minimum Gasteiger partial charge on any atom is -0.393 e. The lowest BCUT2D eigenvalue weighted by atomic mass is 10.2. The van der Waals surface area contributed by atoms with E-state index in [-0.39, 0.29) is 11.4 Å². The van der Waals surface area contributed by atoms with Crippen LogP contribution in [0.15, 0.2) is 23.1 Å².